The van der Waals surface area contributed by atoms with Gasteiger partial charge in [0.05, 0.1) is 11.7 Å². The van der Waals surface area contributed by atoms with Crippen molar-refractivity contribution in [2.45, 2.75) is 16.4 Å². The van der Waals surface area contributed by atoms with E-state index in [4.69, 9.17) is 10.6 Å². The van der Waals surface area contributed by atoms with Crippen LogP contribution >= 0.6 is 34.9 Å². The summed E-state index contributed by atoms with van der Waals surface area (Å²) in [4.78, 5) is 47.7. The van der Waals surface area contributed by atoms with Crippen LogP contribution in [0.3, 0.4) is 0 Å². The van der Waals surface area contributed by atoms with Gasteiger partial charge in [0.2, 0.25) is 0 Å². The fraction of sp³-hybridized carbons (Fsp3) is 0.263. The monoisotopic (exact) mass is 569 g/mol. The van der Waals surface area contributed by atoms with Gasteiger partial charge in [-0.15, -0.1) is 45.1 Å². The number of aliphatic carboxylic acids is 1. The third-order valence-electron chi connectivity index (χ3n) is 5.22. The number of aromatic nitrogens is 5. The van der Waals surface area contributed by atoms with Crippen LogP contribution in [0.1, 0.15) is 5.69 Å². The van der Waals surface area contributed by atoms with E-state index in [1.807, 2.05) is 0 Å². The molecule has 2 aliphatic rings. The second-order valence-corrected chi connectivity index (χ2v) is 10.4. The first-order valence-corrected chi connectivity index (χ1v) is 13.1. The molecule has 186 valence electrons. The molecule has 0 spiro atoms. The maximum absolute atomic E-state index is 12.9. The van der Waals surface area contributed by atoms with Gasteiger partial charge < -0.3 is 25.8 Å². The third-order valence-corrected chi connectivity index (χ3v) is 8.24. The van der Waals surface area contributed by atoms with Crippen molar-refractivity contribution in [3.05, 3.63) is 40.8 Å². The van der Waals surface area contributed by atoms with Crippen molar-refractivity contribution in [1.29, 1.82) is 0 Å². The number of rotatable bonds is 8. The summed E-state index contributed by atoms with van der Waals surface area (Å²) >= 11 is 3.77. The number of hydrogen-bond acceptors (Lipinski definition) is 14. The average Bonchev–Trinajstić information content (AvgIpc) is 3.51. The zero-order valence-corrected chi connectivity index (χ0v) is 23.8. The second-order valence-electron chi connectivity index (χ2n) is 7.39. The number of nitrogens with zero attached hydrogens (tertiary/aromatic N) is 7. The topological polar surface area (TPSA) is 193 Å². The van der Waals surface area contributed by atoms with Gasteiger partial charge in [-0.2, -0.15) is 9.61 Å². The number of anilines is 1. The predicted molar refractivity (Wildman–Crippen MR) is 129 cm³/mol. The van der Waals surface area contributed by atoms with Crippen molar-refractivity contribution in [2.24, 2.45) is 5.16 Å². The summed E-state index contributed by atoms with van der Waals surface area (Å²) in [5, 5.41) is 32.1. The van der Waals surface area contributed by atoms with Gasteiger partial charge in [0, 0.05) is 16.9 Å². The van der Waals surface area contributed by atoms with Crippen LogP contribution in [0.15, 0.2) is 45.3 Å². The Morgan fingerprint density at radius 3 is 2.92 bits per heavy atom. The Labute approximate surface area is 243 Å². The molecule has 1 fully saturated rings. The standard InChI is InChI=1S/C19H17N9O5S3.Na/c1-33-26-12(9-6-36-19(20)22-9)15(29)23-13-16(30)28-14(18(31)32)8(5-35-17(13)28)4-34-11-3-2-10-24-21-7-27(10)25-11;/h2-3,6-7,13,17H,4-5H2,1H3,(H2,20,22)(H,23,29)(H,31,32);/q;+1/p-1/b26-12-;/t13-,17+;/m1./s1. The predicted octanol–water partition coefficient (Wildman–Crippen LogP) is -4.29. The van der Waals surface area contributed by atoms with Crippen LogP contribution in [0.25, 0.3) is 5.65 Å². The molecule has 3 aromatic rings. The first-order valence-electron chi connectivity index (χ1n) is 10.2. The molecule has 3 aromatic heterocycles. The van der Waals surface area contributed by atoms with Gasteiger partial charge in [0.1, 0.15) is 35.6 Å². The van der Waals surface area contributed by atoms with Crippen LogP contribution in [0.4, 0.5) is 5.13 Å². The molecule has 5 heterocycles. The van der Waals surface area contributed by atoms with E-state index in [1.165, 1.54) is 46.9 Å². The number of fused-ring (bicyclic) bond motifs is 2. The number of nitrogens with one attached hydrogen (secondary N) is 1. The summed E-state index contributed by atoms with van der Waals surface area (Å²) in [6.45, 7) is 0. The van der Waals surface area contributed by atoms with Crippen molar-refractivity contribution in [2.75, 3.05) is 24.3 Å². The fourth-order valence-corrected chi connectivity index (χ4v) is 6.53. The molecule has 2 aliphatic heterocycles. The first kappa shape index (κ1) is 27.3. The second kappa shape index (κ2) is 11.4. The molecular weight excluding hydrogens is 553 g/mol. The summed E-state index contributed by atoms with van der Waals surface area (Å²) in [5.74, 6) is -2.12. The van der Waals surface area contributed by atoms with E-state index in [0.717, 1.165) is 16.2 Å². The van der Waals surface area contributed by atoms with E-state index in [9.17, 15) is 19.5 Å². The molecule has 37 heavy (non-hydrogen) atoms. The molecule has 14 nitrogen and oxygen atoms in total. The minimum atomic E-state index is -1.46. The van der Waals surface area contributed by atoms with Crippen molar-refractivity contribution in [3.63, 3.8) is 0 Å². The van der Waals surface area contributed by atoms with Crippen LogP contribution < -0.4 is 45.7 Å². The molecule has 3 N–H and O–H groups in total. The number of oxime groups is 1. The zero-order valence-electron chi connectivity index (χ0n) is 19.4. The van der Waals surface area contributed by atoms with E-state index >= 15 is 0 Å². The van der Waals surface area contributed by atoms with Crippen LogP contribution in [0.2, 0.25) is 0 Å². The molecule has 0 unspecified atom stereocenters. The number of nitrogens with two attached hydrogens (primary N) is 1. The number of nitrogen functional groups attached to an aromatic ring is 1. The molecule has 0 bridgehead atoms. The Morgan fingerprint density at radius 2 is 2.22 bits per heavy atom. The Hall–Kier alpha value is -2.70. The fourth-order valence-electron chi connectivity index (χ4n) is 3.63. The van der Waals surface area contributed by atoms with E-state index in [0.29, 0.717) is 22.0 Å². The van der Waals surface area contributed by atoms with Gasteiger partial charge in [-0.25, -0.2) is 4.98 Å². The summed E-state index contributed by atoms with van der Waals surface area (Å²) in [6, 6.07) is 2.54. The molecule has 0 radical (unpaired) electrons. The molecule has 1 saturated heterocycles. The normalized spacial score (nSPS) is 19.2. The van der Waals surface area contributed by atoms with Gasteiger partial charge in [-0.3, -0.25) is 14.5 Å². The van der Waals surface area contributed by atoms with Crippen LogP contribution in [-0.4, -0.2) is 83.2 Å². The molecule has 0 saturated carbocycles. The van der Waals surface area contributed by atoms with Crippen molar-refractivity contribution in [3.8, 4) is 0 Å². The number of carbonyl (C=O) groups excluding carboxylic acids is 3. The number of thioether (sulfide) groups is 2. The summed E-state index contributed by atoms with van der Waals surface area (Å²) in [6.07, 6.45) is 1.46. The zero-order chi connectivity index (χ0) is 25.4. The quantitative estimate of drug-likeness (QED) is 0.0873. The molecule has 18 heteroatoms. The van der Waals surface area contributed by atoms with Crippen LogP contribution in [0, 0.1) is 0 Å². The van der Waals surface area contributed by atoms with Gasteiger partial charge in [0.15, 0.2) is 16.5 Å². The summed E-state index contributed by atoms with van der Waals surface area (Å²) < 4.78 is 1.51. The van der Waals surface area contributed by atoms with Crippen LogP contribution in [0.5, 0.6) is 0 Å². The Bertz CT molecular complexity index is 1440. The number of carbonyl (C=O) groups is 3. The van der Waals surface area contributed by atoms with Crippen molar-refractivity contribution >= 4 is 69.1 Å². The van der Waals surface area contributed by atoms with Crippen molar-refractivity contribution < 1.29 is 53.9 Å². The number of β-lactam (4-membered cyclic amide) rings is 1. The van der Waals surface area contributed by atoms with E-state index in [-0.39, 0.29) is 57.5 Å². The molecule has 0 aromatic carbocycles. The number of thiazole rings is 1. The maximum Gasteiger partial charge on any atom is 1.00 e. The molecule has 2 atom stereocenters. The smallest absolute Gasteiger partial charge is 0.543 e. The number of carboxylic acid groups (broad SMARTS) is 1. The van der Waals surface area contributed by atoms with E-state index in [1.54, 1.807) is 12.1 Å². The van der Waals surface area contributed by atoms with E-state index in [2.05, 4.69) is 30.8 Å². The minimum absolute atomic E-state index is 0. The maximum atomic E-state index is 12.9. The number of hydrogen-bond donors (Lipinski definition) is 2. The summed E-state index contributed by atoms with van der Waals surface area (Å²) in [5.41, 5.74) is 6.60. The largest absolute Gasteiger partial charge is 1.00 e. The average molecular weight is 570 g/mol. The molecule has 2 amide bonds. The Balaban J connectivity index is 0.00000320. The minimum Gasteiger partial charge on any atom is -0.543 e. The molecular formula is C19H16N9NaO5S3. The van der Waals surface area contributed by atoms with Gasteiger partial charge in [0.25, 0.3) is 11.8 Å². The van der Waals surface area contributed by atoms with Gasteiger partial charge in [-0.05, 0) is 17.7 Å². The number of amides is 2. The molecule has 5 rings (SSSR count). The number of carboxylic acids is 1. The summed E-state index contributed by atoms with van der Waals surface area (Å²) in [7, 11) is 1.27. The Morgan fingerprint density at radius 1 is 1.41 bits per heavy atom. The van der Waals surface area contributed by atoms with Gasteiger partial charge in [-0.1, -0.05) is 5.16 Å². The van der Waals surface area contributed by atoms with Crippen LogP contribution in [-0.2, 0) is 19.2 Å². The third kappa shape index (κ3) is 5.32. The molecule has 0 aliphatic carbocycles. The van der Waals surface area contributed by atoms with Crippen molar-refractivity contribution in [1.82, 2.24) is 35.0 Å². The first-order chi connectivity index (χ1) is 17.4. The van der Waals surface area contributed by atoms with Gasteiger partial charge >= 0.3 is 29.6 Å². The SMILES string of the molecule is CO/N=C(\C(=O)N[C@@H]1C(=O)N2C(C(=O)[O-])=C(CSc3ccc4nncn4n3)CS[C@@H]12)c1csc(N)n1.[Na+]. The van der Waals surface area contributed by atoms with E-state index < -0.39 is 29.2 Å². The Kier molecular flexibility index (Phi) is 8.39.